The number of nitrogens with two attached hydrogens (primary N) is 1. The largest absolute Gasteiger partial charge is 0.366 e. The maximum absolute atomic E-state index is 13.0. The molecule has 2 heterocycles. The Hall–Kier alpha value is -2.73. The van der Waals surface area contributed by atoms with Crippen molar-refractivity contribution in [3.8, 4) is 0 Å². The molecule has 1 aliphatic rings. The highest BCUT2D eigenvalue weighted by molar-refractivity contribution is 5.93. The van der Waals surface area contributed by atoms with Crippen LogP contribution in [0.15, 0.2) is 48.8 Å². The number of amides is 2. The third-order valence-corrected chi connectivity index (χ3v) is 5.15. The molecule has 0 saturated carbocycles. The lowest BCUT2D eigenvalue weighted by molar-refractivity contribution is -0.131. The van der Waals surface area contributed by atoms with Crippen molar-refractivity contribution < 1.29 is 9.59 Å². The van der Waals surface area contributed by atoms with E-state index in [4.69, 9.17) is 5.73 Å². The molecule has 2 N–H and O–H groups in total. The first-order valence-electron chi connectivity index (χ1n) is 9.31. The van der Waals surface area contributed by atoms with Gasteiger partial charge in [-0.25, -0.2) is 0 Å². The van der Waals surface area contributed by atoms with E-state index < -0.39 is 5.91 Å². The highest BCUT2D eigenvalue weighted by atomic mass is 16.2. The molecule has 0 radical (unpaired) electrons. The highest BCUT2D eigenvalue weighted by Gasteiger charge is 2.25. The molecular weight excluding hydrogens is 340 g/mol. The monoisotopic (exact) mass is 366 g/mol. The fourth-order valence-corrected chi connectivity index (χ4v) is 3.55. The van der Waals surface area contributed by atoms with Gasteiger partial charge in [0.2, 0.25) is 11.8 Å². The number of rotatable bonds is 7. The van der Waals surface area contributed by atoms with Crippen LogP contribution < -0.4 is 5.73 Å². The van der Waals surface area contributed by atoms with E-state index in [2.05, 4.69) is 9.88 Å². The Morgan fingerprint density at radius 3 is 2.56 bits per heavy atom. The Balaban J connectivity index is 1.76. The van der Waals surface area contributed by atoms with E-state index in [9.17, 15) is 9.59 Å². The van der Waals surface area contributed by atoms with E-state index in [1.165, 1.54) is 12.8 Å². The van der Waals surface area contributed by atoms with Gasteiger partial charge < -0.3 is 15.5 Å². The number of nitrogens with zero attached hydrogens (tertiary/aromatic N) is 3. The molecule has 27 heavy (non-hydrogen) atoms. The second-order valence-corrected chi connectivity index (χ2v) is 7.05. The summed E-state index contributed by atoms with van der Waals surface area (Å²) in [7, 11) is 1.85. The topological polar surface area (TPSA) is 79.5 Å². The fourth-order valence-electron chi connectivity index (χ4n) is 3.55. The van der Waals surface area contributed by atoms with Crippen LogP contribution in [0.5, 0.6) is 0 Å². The van der Waals surface area contributed by atoms with Crippen LogP contribution in [0.1, 0.15) is 40.4 Å². The van der Waals surface area contributed by atoms with Gasteiger partial charge in [-0.15, -0.1) is 0 Å². The molecule has 142 valence electrons. The summed E-state index contributed by atoms with van der Waals surface area (Å²) < 4.78 is 0. The van der Waals surface area contributed by atoms with E-state index in [-0.39, 0.29) is 18.4 Å². The number of likely N-dealkylation sites (N-methyl/N-ethyl adjacent to an activating group) is 1. The zero-order valence-corrected chi connectivity index (χ0v) is 15.7. The van der Waals surface area contributed by atoms with E-state index in [1.807, 2.05) is 30.1 Å². The molecule has 1 aromatic heterocycles. The second-order valence-electron chi connectivity index (χ2n) is 7.05. The van der Waals surface area contributed by atoms with E-state index in [1.54, 1.807) is 30.6 Å². The van der Waals surface area contributed by atoms with Crippen LogP contribution in [-0.2, 0) is 11.2 Å². The van der Waals surface area contributed by atoms with E-state index >= 15 is 0 Å². The van der Waals surface area contributed by atoms with Crippen LogP contribution in [0.2, 0.25) is 0 Å². The average Bonchev–Trinajstić information content (AvgIpc) is 3.19. The quantitative estimate of drug-likeness (QED) is 0.813. The summed E-state index contributed by atoms with van der Waals surface area (Å²) >= 11 is 0. The summed E-state index contributed by atoms with van der Waals surface area (Å²) in [6, 6.07) is 10.9. The molecule has 1 aliphatic heterocycles. The molecule has 1 atom stereocenters. The minimum absolute atomic E-state index is 0.0117. The van der Waals surface area contributed by atoms with Gasteiger partial charge in [-0.2, -0.15) is 0 Å². The number of hydrogen-bond acceptors (Lipinski definition) is 4. The summed E-state index contributed by atoms with van der Waals surface area (Å²) in [5.41, 5.74) is 7.64. The molecule has 1 saturated heterocycles. The fraction of sp³-hybridized carbons (Fsp3) is 0.381. The van der Waals surface area contributed by atoms with Gasteiger partial charge in [0.25, 0.3) is 0 Å². The minimum Gasteiger partial charge on any atom is -0.366 e. The highest BCUT2D eigenvalue weighted by Crippen LogP contribution is 2.23. The Morgan fingerprint density at radius 1 is 1.19 bits per heavy atom. The number of hydrogen-bond donors (Lipinski definition) is 1. The first kappa shape index (κ1) is 19.0. The van der Waals surface area contributed by atoms with Crippen molar-refractivity contribution >= 4 is 11.8 Å². The van der Waals surface area contributed by atoms with Crippen molar-refractivity contribution in [2.24, 2.45) is 5.73 Å². The summed E-state index contributed by atoms with van der Waals surface area (Å²) in [4.78, 5) is 32.6. The second kappa shape index (κ2) is 8.77. The number of benzene rings is 1. The maximum Gasteiger partial charge on any atom is 0.248 e. The minimum atomic E-state index is -0.485. The first-order chi connectivity index (χ1) is 13.0. The molecular formula is C21H26N4O2. The number of likely N-dealkylation sites (tertiary alicyclic amines) is 1. The number of pyridine rings is 1. The van der Waals surface area contributed by atoms with Crippen LogP contribution in [0.4, 0.5) is 0 Å². The predicted molar refractivity (Wildman–Crippen MR) is 104 cm³/mol. The molecule has 1 unspecified atom stereocenters. The van der Waals surface area contributed by atoms with Gasteiger partial charge in [0.15, 0.2) is 0 Å². The Morgan fingerprint density at radius 2 is 1.89 bits per heavy atom. The Bertz CT molecular complexity index is 788. The van der Waals surface area contributed by atoms with Crippen molar-refractivity contribution in [3.63, 3.8) is 0 Å². The zero-order chi connectivity index (χ0) is 19.2. The van der Waals surface area contributed by atoms with Crippen LogP contribution >= 0.6 is 0 Å². The van der Waals surface area contributed by atoms with Gasteiger partial charge in [0, 0.05) is 31.5 Å². The summed E-state index contributed by atoms with van der Waals surface area (Å²) in [6.45, 7) is 2.96. The van der Waals surface area contributed by atoms with Crippen molar-refractivity contribution in [1.82, 2.24) is 14.8 Å². The molecule has 2 amide bonds. The third-order valence-electron chi connectivity index (χ3n) is 5.15. The lowest BCUT2D eigenvalue weighted by Gasteiger charge is -2.32. The predicted octanol–water partition coefficient (Wildman–Crippen LogP) is 2.02. The van der Waals surface area contributed by atoms with Crippen molar-refractivity contribution in [3.05, 3.63) is 65.5 Å². The Labute approximate surface area is 160 Å². The van der Waals surface area contributed by atoms with Gasteiger partial charge in [0.05, 0.1) is 12.5 Å². The molecule has 0 bridgehead atoms. The molecule has 1 fully saturated rings. The van der Waals surface area contributed by atoms with Gasteiger partial charge in [-0.05, 0) is 61.3 Å². The number of carbonyl (C=O) groups is 2. The molecule has 3 rings (SSSR count). The summed E-state index contributed by atoms with van der Waals surface area (Å²) in [5, 5.41) is 0. The molecule has 0 spiro atoms. The molecule has 6 nitrogen and oxygen atoms in total. The lowest BCUT2D eigenvalue weighted by Crippen LogP contribution is -2.39. The van der Waals surface area contributed by atoms with Crippen LogP contribution in [0, 0.1) is 0 Å². The van der Waals surface area contributed by atoms with E-state index in [0.29, 0.717) is 5.56 Å². The van der Waals surface area contributed by atoms with Gasteiger partial charge in [0.1, 0.15) is 0 Å². The smallest absolute Gasteiger partial charge is 0.248 e. The first-order valence-corrected chi connectivity index (χ1v) is 9.31. The normalized spacial score (nSPS) is 15.4. The molecule has 1 aromatic carbocycles. The lowest BCUT2D eigenvalue weighted by atomic mass is 10.0. The van der Waals surface area contributed by atoms with Crippen molar-refractivity contribution in [2.75, 3.05) is 26.7 Å². The van der Waals surface area contributed by atoms with Crippen LogP contribution in [0.3, 0.4) is 0 Å². The SMILES string of the molecule is CN(C(=O)Cc1cccc(C(N)=O)c1)C(CN1CCCC1)c1ccncc1. The molecule has 2 aromatic rings. The van der Waals surface area contributed by atoms with Gasteiger partial charge >= 0.3 is 0 Å². The number of primary amides is 1. The van der Waals surface area contributed by atoms with E-state index in [0.717, 1.165) is 30.8 Å². The molecule has 6 heteroatoms. The summed E-state index contributed by atoms with van der Waals surface area (Å²) in [6.07, 6.45) is 6.18. The van der Waals surface area contributed by atoms with Crippen LogP contribution in [-0.4, -0.2) is 53.3 Å². The zero-order valence-electron chi connectivity index (χ0n) is 15.7. The third kappa shape index (κ3) is 4.92. The Kier molecular flexibility index (Phi) is 6.19. The average molecular weight is 366 g/mol. The standard InChI is InChI=1S/C21H26N4O2/c1-24(20(26)14-16-5-4-6-18(13-16)21(22)27)19(15-25-11-2-3-12-25)17-7-9-23-10-8-17/h4-10,13,19H,2-3,11-12,14-15H2,1H3,(H2,22,27). The maximum atomic E-state index is 13.0. The van der Waals surface area contributed by atoms with Gasteiger partial charge in [-0.1, -0.05) is 12.1 Å². The van der Waals surface area contributed by atoms with Crippen molar-refractivity contribution in [1.29, 1.82) is 0 Å². The number of carbonyl (C=O) groups excluding carboxylic acids is 2. The number of aromatic nitrogens is 1. The van der Waals surface area contributed by atoms with Crippen LogP contribution in [0.25, 0.3) is 0 Å². The molecule has 0 aliphatic carbocycles. The van der Waals surface area contributed by atoms with Crippen molar-refractivity contribution in [2.45, 2.75) is 25.3 Å². The summed E-state index contributed by atoms with van der Waals surface area (Å²) in [5.74, 6) is -0.473. The van der Waals surface area contributed by atoms with Gasteiger partial charge in [-0.3, -0.25) is 14.6 Å².